The predicted molar refractivity (Wildman–Crippen MR) is 89.5 cm³/mol. The smallest absolute Gasteiger partial charge is 0.253 e. The number of nitrogens with zero attached hydrogens (tertiary/aromatic N) is 1. The van der Waals surface area contributed by atoms with E-state index >= 15 is 0 Å². The molecule has 3 rings (SSSR count). The molecule has 1 atom stereocenters. The summed E-state index contributed by atoms with van der Waals surface area (Å²) in [5, 5.41) is 2.96. The topological polar surface area (TPSA) is 82.3 Å². The molecule has 1 aliphatic heterocycles. The third kappa shape index (κ3) is 3.71. The van der Waals surface area contributed by atoms with Crippen LogP contribution in [0.15, 0.2) is 53.5 Å². The number of pyridine rings is 1. The summed E-state index contributed by atoms with van der Waals surface area (Å²) >= 11 is 0. The number of nitrogens with one attached hydrogen (secondary N) is 2. The van der Waals surface area contributed by atoms with E-state index in [4.69, 9.17) is 0 Å². The van der Waals surface area contributed by atoms with Crippen molar-refractivity contribution < 1.29 is 9.59 Å². The van der Waals surface area contributed by atoms with Gasteiger partial charge in [-0.15, -0.1) is 0 Å². The molecule has 0 spiro atoms. The molecule has 1 aliphatic rings. The largest absolute Gasteiger partial charge is 0.343 e. The van der Waals surface area contributed by atoms with Crippen molar-refractivity contribution in [1.82, 2.24) is 15.2 Å². The molecule has 2 N–H and O–H groups in total. The van der Waals surface area contributed by atoms with E-state index in [0.717, 1.165) is 18.5 Å². The van der Waals surface area contributed by atoms with E-state index in [1.807, 2.05) is 30.3 Å². The molecule has 0 saturated carbocycles. The van der Waals surface area contributed by atoms with Gasteiger partial charge in [0, 0.05) is 31.8 Å². The van der Waals surface area contributed by atoms with Crippen molar-refractivity contribution in [2.75, 3.05) is 13.1 Å². The Hall–Kier alpha value is -2.89. The van der Waals surface area contributed by atoms with Crippen LogP contribution in [0.5, 0.6) is 0 Å². The van der Waals surface area contributed by atoms with Crippen LogP contribution in [0.1, 0.15) is 34.8 Å². The Balaban J connectivity index is 1.79. The van der Waals surface area contributed by atoms with Crippen LogP contribution >= 0.6 is 0 Å². The van der Waals surface area contributed by atoms with Crippen molar-refractivity contribution in [2.24, 2.45) is 0 Å². The quantitative estimate of drug-likeness (QED) is 0.873. The summed E-state index contributed by atoms with van der Waals surface area (Å²) in [6, 6.07) is 12.1. The summed E-state index contributed by atoms with van der Waals surface area (Å²) < 4.78 is 0. The first-order valence-corrected chi connectivity index (χ1v) is 7.96. The van der Waals surface area contributed by atoms with Crippen LogP contribution < -0.4 is 10.9 Å². The van der Waals surface area contributed by atoms with Crippen molar-refractivity contribution in [1.29, 1.82) is 0 Å². The summed E-state index contributed by atoms with van der Waals surface area (Å²) in [4.78, 5) is 39.8. The number of likely N-dealkylation sites (tertiary alicyclic amines) is 1. The molecule has 6 heteroatoms. The minimum absolute atomic E-state index is 0.120. The predicted octanol–water partition coefficient (Wildman–Crippen LogP) is 1.47. The van der Waals surface area contributed by atoms with Crippen molar-refractivity contribution in [2.45, 2.75) is 18.9 Å². The second-order valence-electron chi connectivity index (χ2n) is 5.82. The van der Waals surface area contributed by atoms with Gasteiger partial charge in [0.25, 0.3) is 5.91 Å². The summed E-state index contributed by atoms with van der Waals surface area (Å²) in [5.74, 6) is -0.166. The fourth-order valence-corrected chi connectivity index (χ4v) is 2.83. The first-order valence-electron chi connectivity index (χ1n) is 7.96. The van der Waals surface area contributed by atoms with Gasteiger partial charge in [0.05, 0.1) is 11.6 Å². The van der Waals surface area contributed by atoms with Gasteiger partial charge in [-0.05, 0) is 18.1 Å². The summed E-state index contributed by atoms with van der Waals surface area (Å²) in [5.41, 5.74) is 1.06. The number of benzene rings is 1. The Bertz CT molecular complexity index is 765. The molecule has 24 heavy (non-hydrogen) atoms. The summed E-state index contributed by atoms with van der Waals surface area (Å²) in [6.45, 7) is 1.16. The maximum Gasteiger partial charge on any atom is 0.253 e. The maximum absolute atomic E-state index is 12.5. The van der Waals surface area contributed by atoms with Crippen LogP contribution in [0.3, 0.4) is 0 Å². The second kappa shape index (κ2) is 7.12. The molecule has 2 amide bonds. The summed E-state index contributed by atoms with van der Waals surface area (Å²) in [7, 11) is 0. The number of hydrogen-bond acceptors (Lipinski definition) is 3. The molecule has 2 heterocycles. The van der Waals surface area contributed by atoms with Gasteiger partial charge >= 0.3 is 0 Å². The SMILES string of the molecule is O=C(N[C@H](CN1CCCC1=O)c1ccccc1)c1ccc(=O)[nH]c1. The highest BCUT2D eigenvalue weighted by Crippen LogP contribution is 2.19. The molecule has 1 aromatic carbocycles. The zero-order valence-corrected chi connectivity index (χ0v) is 13.2. The standard InChI is InChI=1S/C18H19N3O3/c22-16-9-8-14(11-19-16)18(24)20-15(13-5-2-1-3-6-13)12-21-10-4-7-17(21)23/h1-3,5-6,8-9,11,15H,4,7,10,12H2,(H,19,22)(H,20,24)/t15-/m1/s1. The van der Waals surface area contributed by atoms with Crippen LogP contribution in [-0.4, -0.2) is 34.8 Å². The number of hydrogen-bond donors (Lipinski definition) is 2. The van der Waals surface area contributed by atoms with Gasteiger partial charge in [0.1, 0.15) is 0 Å². The molecule has 1 aromatic heterocycles. The van der Waals surface area contributed by atoms with E-state index in [0.29, 0.717) is 18.5 Å². The van der Waals surface area contributed by atoms with Crippen molar-refractivity contribution in [3.8, 4) is 0 Å². The van der Waals surface area contributed by atoms with E-state index in [-0.39, 0.29) is 23.4 Å². The first kappa shape index (κ1) is 16.0. The minimum atomic E-state index is -0.298. The van der Waals surface area contributed by atoms with Crippen LogP contribution in [-0.2, 0) is 4.79 Å². The van der Waals surface area contributed by atoms with Gasteiger partial charge in [-0.1, -0.05) is 30.3 Å². The first-order chi connectivity index (χ1) is 11.6. The molecule has 2 aromatic rings. The maximum atomic E-state index is 12.5. The van der Waals surface area contributed by atoms with E-state index in [1.165, 1.54) is 18.3 Å². The molecule has 6 nitrogen and oxygen atoms in total. The lowest BCUT2D eigenvalue weighted by molar-refractivity contribution is -0.128. The number of carbonyl (C=O) groups excluding carboxylic acids is 2. The lowest BCUT2D eigenvalue weighted by Gasteiger charge is -2.25. The van der Waals surface area contributed by atoms with E-state index in [9.17, 15) is 14.4 Å². The molecule has 0 aliphatic carbocycles. The Morgan fingerprint density at radius 2 is 1.96 bits per heavy atom. The molecule has 124 valence electrons. The van der Waals surface area contributed by atoms with Crippen molar-refractivity contribution in [3.63, 3.8) is 0 Å². The van der Waals surface area contributed by atoms with E-state index in [1.54, 1.807) is 4.90 Å². The monoisotopic (exact) mass is 325 g/mol. The van der Waals surface area contributed by atoms with Crippen LogP contribution in [0.25, 0.3) is 0 Å². The van der Waals surface area contributed by atoms with Crippen molar-refractivity contribution in [3.05, 3.63) is 70.1 Å². The number of H-pyrrole nitrogens is 1. The normalized spacial score (nSPS) is 15.3. The average molecular weight is 325 g/mol. The van der Waals surface area contributed by atoms with Gasteiger partial charge < -0.3 is 15.2 Å². The van der Waals surface area contributed by atoms with Gasteiger partial charge in [-0.3, -0.25) is 14.4 Å². The van der Waals surface area contributed by atoms with Crippen LogP contribution in [0.4, 0.5) is 0 Å². The highest BCUT2D eigenvalue weighted by Gasteiger charge is 2.25. The molecular weight excluding hydrogens is 306 g/mol. The molecule has 0 bridgehead atoms. The highest BCUT2D eigenvalue weighted by atomic mass is 16.2. The van der Waals surface area contributed by atoms with Crippen molar-refractivity contribution >= 4 is 11.8 Å². The molecule has 1 saturated heterocycles. The Labute approximate surface area is 139 Å². The third-order valence-electron chi connectivity index (χ3n) is 4.13. The lowest BCUT2D eigenvalue weighted by Crippen LogP contribution is -2.38. The number of carbonyl (C=O) groups is 2. The average Bonchev–Trinajstić information content (AvgIpc) is 3.00. The fourth-order valence-electron chi connectivity index (χ4n) is 2.83. The number of aromatic nitrogens is 1. The molecular formula is C18H19N3O3. The number of amides is 2. The van der Waals surface area contributed by atoms with Crippen LogP contribution in [0.2, 0.25) is 0 Å². The zero-order valence-electron chi connectivity index (χ0n) is 13.2. The highest BCUT2D eigenvalue weighted by molar-refractivity contribution is 5.94. The Kier molecular flexibility index (Phi) is 4.74. The third-order valence-corrected chi connectivity index (χ3v) is 4.13. The Morgan fingerprint density at radius 3 is 2.58 bits per heavy atom. The fraction of sp³-hybridized carbons (Fsp3) is 0.278. The molecule has 1 fully saturated rings. The van der Waals surface area contributed by atoms with Gasteiger partial charge in [0.15, 0.2) is 0 Å². The van der Waals surface area contributed by atoms with Gasteiger partial charge in [-0.25, -0.2) is 0 Å². The minimum Gasteiger partial charge on any atom is -0.343 e. The molecule has 0 radical (unpaired) electrons. The molecule has 0 unspecified atom stereocenters. The second-order valence-corrected chi connectivity index (χ2v) is 5.82. The van der Waals surface area contributed by atoms with Crippen LogP contribution in [0, 0.1) is 0 Å². The number of rotatable bonds is 5. The van der Waals surface area contributed by atoms with E-state index in [2.05, 4.69) is 10.3 Å². The van der Waals surface area contributed by atoms with Gasteiger partial charge in [0.2, 0.25) is 11.5 Å². The Morgan fingerprint density at radius 1 is 1.17 bits per heavy atom. The summed E-state index contributed by atoms with van der Waals surface area (Å²) in [6.07, 6.45) is 2.81. The number of aromatic amines is 1. The lowest BCUT2D eigenvalue weighted by atomic mass is 10.1. The van der Waals surface area contributed by atoms with E-state index < -0.39 is 0 Å². The van der Waals surface area contributed by atoms with Gasteiger partial charge in [-0.2, -0.15) is 0 Å². The zero-order chi connectivity index (χ0) is 16.9.